The van der Waals surface area contributed by atoms with E-state index in [1.165, 1.54) is 0 Å². The molecule has 0 saturated heterocycles. The zero-order valence-electron chi connectivity index (χ0n) is 14.3. The van der Waals surface area contributed by atoms with E-state index < -0.39 is 0 Å². The number of fused-ring (bicyclic) bond motifs is 2. The van der Waals surface area contributed by atoms with Gasteiger partial charge in [0.05, 0.1) is 35.5 Å². The molecular weight excluding hydrogens is 320 g/mol. The fourth-order valence-electron chi connectivity index (χ4n) is 2.74. The minimum Gasteiger partial charge on any atom is -0.289 e. The second-order valence-electron chi connectivity index (χ2n) is 5.93. The standard InChI is InChI=1S/C22H18N4/c1-3-7-21-17(5-1)9-11-19(25-21)15-23-13-14-24-16-20-12-10-18-6-2-4-8-22(18)26-20/h1-12,15-16H,13-14H2/b23-15-,24-16-. The molecule has 2 heterocycles. The number of para-hydroxylation sites is 2. The summed E-state index contributed by atoms with van der Waals surface area (Å²) in [4.78, 5) is 18.0. The third kappa shape index (κ3) is 3.81. The molecular formula is C22H18N4. The molecule has 0 spiro atoms. The Morgan fingerprint density at radius 2 is 1.04 bits per heavy atom. The highest BCUT2D eigenvalue weighted by molar-refractivity contribution is 5.86. The monoisotopic (exact) mass is 338 g/mol. The smallest absolute Gasteiger partial charge is 0.0815 e. The molecule has 0 fully saturated rings. The number of rotatable bonds is 5. The maximum atomic E-state index is 4.57. The fourth-order valence-corrected chi connectivity index (χ4v) is 2.74. The molecule has 0 radical (unpaired) electrons. The van der Waals surface area contributed by atoms with Gasteiger partial charge in [-0.15, -0.1) is 0 Å². The van der Waals surface area contributed by atoms with Gasteiger partial charge in [0, 0.05) is 23.2 Å². The molecule has 0 N–H and O–H groups in total. The molecule has 0 amide bonds. The molecule has 4 nitrogen and oxygen atoms in total. The highest BCUT2D eigenvalue weighted by atomic mass is 14.8. The summed E-state index contributed by atoms with van der Waals surface area (Å²) in [7, 11) is 0. The van der Waals surface area contributed by atoms with Crippen LogP contribution in [0, 0.1) is 0 Å². The van der Waals surface area contributed by atoms with E-state index in [-0.39, 0.29) is 0 Å². The lowest BCUT2D eigenvalue weighted by Gasteiger charge is -1.98. The Balaban J connectivity index is 1.34. The van der Waals surface area contributed by atoms with Gasteiger partial charge in [0.2, 0.25) is 0 Å². The van der Waals surface area contributed by atoms with Crippen molar-refractivity contribution in [2.45, 2.75) is 0 Å². The van der Waals surface area contributed by atoms with Crippen LogP contribution in [0.25, 0.3) is 21.8 Å². The predicted molar refractivity (Wildman–Crippen MR) is 108 cm³/mol. The molecule has 0 unspecified atom stereocenters. The Kier molecular flexibility index (Phi) is 4.74. The van der Waals surface area contributed by atoms with Crippen molar-refractivity contribution >= 4 is 34.2 Å². The summed E-state index contributed by atoms with van der Waals surface area (Å²) in [5.74, 6) is 0. The molecule has 126 valence electrons. The quantitative estimate of drug-likeness (QED) is 0.402. The number of hydrogen-bond donors (Lipinski definition) is 0. The second kappa shape index (κ2) is 7.66. The second-order valence-corrected chi connectivity index (χ2v) is 5.93. The van der Waals surface area contributed by atoms with Gasteiger partial charge in [-0.3, -0.25) is 9.98 Å². The lowest BCUT2D eigenvalue weighted by atomic mass is 10.2. The first-order chi connectivity index (χ1) is 12.9. The van der Waals surface area contributed by atoms with E-state index in [2.05, 4.69) is 44.2 Å². The maximum Gasteiger partial charge on any atom is 0.0815 e. The van der Waals surface area contributed by atoms with Crippen LogP contribution in [0.2, 0.25) is 0 Å². The van der Waals surface area contributed by atoms with Crippen LogP contribution in [0.1, 0.15) is 11.4 Å². The molecule has 4 rings (SSSR count). The number of benzene rings is 2. The van der Waals surface area contributed by atoms with Crippen LogP contribution in [-0.4, -0.2) is 35.5 Å². The molecule has 26 heavy (non-hydrogen) atoms. The summed E-state index contributed by atoms with van der Waals surface area (Å²) in [6.07, 6.45) is 3.60. The number of pyridine rings is 2. The summed E-state index contributed by atoms with van der Waals surface area (Å²) < 4.78 is 0. The Hall–Kier alpha value is -3.40. The van der Waals surface area contributed by atoms with Crippen LogP contribution in [0.3, 0.4) is 0 Å². The van der Waals surface area contributed by atoms with Gasteiger partial charge in [-0.25, -0.2) is 9.97 Å². The third-order valence-electron chi connectivity index (χ3n) is 4.05. The highest BCUT2D eigenvalue weighted by Gasteiger charge is 1.96. The molecule has 0 aliphatic carbocycles. The van der Waals surface area contributed by atoms with Crippen molar-refractivity contribution in [1.29, 1.82) is 0 Å². The number of aromatic nitrogens is 2. The molecule has 2 aromatic carbocycles. The van der Waals surface area contributed by atoms with Gasteiger partial charge in [-0.05, 0) is 24.3 Å². The fraction of sp³-hybridized carbons (Fsp3) is 0.0909. The summed E-state index contributed by atoms with van der Waals surface area (Å²) in [5, 5.41) is 2.27. The number of nitrogens with zero attached hydrogens (tertiary/aromatic N) is 4. The Bertz CT molecular complexity index is 1010. The molecule has 0 bridgehead atoms. The largest absolute Gasteiger partial charge is 0.289 e. The minimum atomic E-state index is 0.624. The van der Waals surface area contributed by atoms with Crippen LogP contribution in [0.4, 0.5) is 0 Å². The van der Waals surface area contributed by atoms with Gasteiger partial charge in [0.15, 0.2) is 0 Å². The van der Waals surface area contributed by atoms with E-state index in [1.54, 1.807) is 12.4 Å². The predicted octanol–water partition coefficient (Wildman–Crippen LogP) is 4.32. The minimum absolute atomic E-state index is 0.624. The van der Waals surface area contributed by atoms with Gasteiger partial charge in [0.25, 0.3) is 0 Å². The molecule has 2 aromatic heterocycles. The summed E-state index contributed by atoms with van der Waals surface area (Å²) in [5.41, 5.74) is 3.70. The van der Waals surface area contributed by atoms with Crippen molar-refractivity contribution < 1.29 is 0 Å². The van der Waals surface area contributed by atoms with Crippen molar-refractivity contribution in [3.63, 3.8) is 0 Å². The van der Waals surface area contributed by atoms with Crippen molar-refractivity contribution in [1.82, 2.24) is 9.97 Å². The lowest BCUT2D eigenvalue weighted by Crippen LogP contribution is -1.94. The molecule has 4 aromatic rings. The van der Waals surface area contributed by atoms with Crippen LogP contribution in [0.15, 0.2) is 82.8 Å². The molecule has 0 aliphatic heterocycles. The number of aliphatic imine (C=N–C) groups is 2. The average molecular weight is 338 g/mol. The van der Waals surface area contributed by atoms with Gasteiger partial charge in [-0.1, -0.05) is 48.5 Å². The highest BCUT2D eigenvalue weighted by Crippen LogP contribution is 2.11. The first kappa shape index (κ1) is 16.1. The Morgan fingerprint density at radius 3 is 1.54 bits per heavy atom. The van der Waals surface area contributed by atoms with Crippen LogP contribution in [-0.2, 0) is 0 Å². The first-order valence-corrected chi connectivity index (χ1v) is 8.60. The van der Waals surface area contributed by atoms with Crippen molar-refractivity contribution in [3.05, 3.63) is 84.2 Å². The normalized spacial score (nSPS) is 11.8. The molecule has 0 saturated carbocycles. The maximum absolute atomic E-state index is 4.57. The van der Waals surface area contributed by atoms with Crippen LogP contribution < -0.4 is 0 Å². The topological polar surface area (TPSA) is 50.5 Å². The van der Waals surface area contributed by atoms with Crippen molar-refractivity contribution in [2.24, 2.45) is 9.98 Å². The van der Waals surface area contributed by atoms with E-state index in [9.17, 15) is 0 Å². The molecule has 0 aliphatic rings. The Labute approximate surface area is 152 Å². The first-order valence-electron chi connectivity index (χ1n) is 8.60. The molecule has 0 atom stereocenters. The van der Waals surface area contributed by atoms with E-state index in [4.69, 9.17) is 0 Å². The summed E-state index contributed by atoms with van der Waals surface area (Å²) in [6.45, 7) is 1.25. The van der Waals surface area contributed by atoms with Crippen molar-refractivity contribution in [2.75, 3.05) is 13.1 Å². The zero-order chi connectivity index (χ0) is 17.6. The van der Waals surface area contributed by atoms with E-state index >= 15 is 0 Å². The Morgan fingerprint density at radius 1 is 0.577 bits per heavy atom. The van der Waals surface area contributed by atoms with Gasteiger partial charge in [-0.2, -0.15) is 0 Å². The summed E-state index contributed by atoms with van der Waals surface area (Å²) >= 11 is 0. The van der Waals surface area contributed by atoms with Gasteiger partial charge in [0.1, 0.15) is 0 Å². The van der Waals surface area contributed by atoms with E-state index in [0.717, 1.165) is 33.2 Å². The summed E-state index contributed by atoms with van der Waals surface area (Å²) in [6, 6.07) is 24.2. The van der Waals surface area contributed by atoms with Crippen LogP contribution in [0.5, 0.6) is 0 Å². The SMILES string of the molecule is C(=N/CC/N=C\c1ccc2ccccc2n1)/c1ccc2ccccc2n1. The zero-order valence-corrected chi connectivity index (χ0v) is 14.3. The third-order valence-corrected chi connectivity index (χ3v) is 4.05. The van der Waals surface area contributed by atoms with E-state index in [1.807, 2.05) is 48.5 Å². The van der Waals surface area contributed by atoms with E-state index in [0.29, 0.717) is 13.1 Å². The average Bonchev–Trinajstić information content (AvgIpc) is 2.70. The molecule has 4 heteroatoms. The number of hydrogen-bond acceptors (Lipinski definition) is 4. The lowest BCUT2D eigenvalue weighted by molar-refractivity contribution is 0.983. The van der Waals surface area contributed by atoms with Crippen LogP contribution >= 0.6 is 0 Å². The van der Waals surface area contributed by atoms with Gasteiger partial charge < -0.3 is 0 Å². The van der Waals surface area contributed by atoms with Crippen molar-refractivity contribution in [3.8, 4) is 0 Å². The van der Waals surface area contributed by atoms with Gasteiger partial charge >= 0.3 is 0 Å².